The molecule has 3 aromatic rings. The summed E-state index contributed by atoms with van der Waals surface area (Å²) >= 11 is 0. The lowest BCUT2D eigenvalue weighted by molar-refractivity contribution is 0.0814. The van der Waals surface area contributed by atoms with E-state index in [4.69, 9.17) is 5.26 Å². The summed E-state index contributed by atoms with van der Waals surface area (Å²) in [7, 11) is 3.24. The monoisotopic (exact) mass is 323 g/mol. The highest BCUT2D eigenvalue weighted by Gasteiger charge is 2.20. The summed E-state index contributed by atoms with van der Waals surface area (Å²) in [6.07, 6.45) is 1.54. The number of aromatic nitrogens is 3. The highest BCUT2D eigenvalue weighted by Crippen LogP contribution is 2.27. The maximum absolute atomic E-state index is 14.1. The van der Waals surface area contributed by atoms with E-state index < -0.39 is 5.82 Å². The van der Waals surface area contributed by atoms with Crippen molar-refractivity contribution in [2.75, 3.05) is 13.6 Å². The molecule has 1 amide bonds. The Morgan fingerprint density at radius 2 is 2.17 bits per heavy atom. The van der Waals surface area contributed by atoms with Crippen molar-refractivity contribution in [3.8, 4) is 17.3 Å². The predicted molar refractivity (Wildman–Crippen MR) is 86.5 cm³/mol. The van der Waals surface area contributed by atoms with Gasteiger partial charge in [0.25, 0.3) is 5.91 Å². The molecular weight excluding hydrogens is 309 g/mol. The van der Waals surface area contributed by atoms with Gasteiger partial charge in [-0.25, -0.2) is 9.37 Å². The van der Waals surface area contributed by atoms with E-state index in [1.165, 1.54) is 22.7 Å². The first-order chi connectivity index (χ1) is 11.5. The number of nitriles is 1. The van der Waals surface area contributed by atoms with Crippen molar-refractivity contribution >= 4 is 16.9 Å². The lowest BCUT2D eigenvalue weighted by atomic mass is 10.1. The number of hydrogen-bond acceptors (Lipinski definition) is 4. The quantitative estimate of drug-likeness (QED) is 0.694. The molecule has 0 aliphatic heterocycles. The smallest absolute Gasteiger partial charge is 0.255 e. The number of rotatable bonds is 3. The number of carbonyl (C=O) groups excluding carboxylic acids is 1. The van der Waals surface area contributed by atoms with Gasteiger partial charge >= 0.3 is 0 Å². The van der Waals surface area contributed by atoms with Crippen LogP contribution in [0.25, 0.3) is 22.3 Å². The molecule has 0 aliphatic rings. The van der Waals surface area contributed by atoms with Crippen LogP contribution in [0.3, 0.4) is 0 Å². The van der Waals surface area contributed by atoms with Gasteiger partial charge in [-0.05, 0) is 18.2 Å². The molecule has 0 atom stereocenters. The molecule has 7 heteroatoms. The van der Waals surface area contributed by atoms with E-state index in [0.29, 0.717) is 27.9 Å². The maximum Gasteiger partial charge on any atom is 0.255 e. The van der Waals surface area contributed by atoms with Crippen molar-refractivity contribution in [1.82, 2.24) is 19.7 Å². The van der Waals surface area contributed by atoms with E-state index in [0.717, 1.165) is 0 Å². The van der Waals surface area contributed by atoms with Gasteiger partial charge in [-0.1, -0.05) is 12.1 Å². The second-order valence-corrected chi connectivity index (χ2v) is 5.36. The minimum absolute atomic E-state index is 0.0437. The summed E-state index contributed by atoms with van der Waals surface area (Å²) < 4.78 is 15.6. The van der Waals surface area contributed by atoms with Crippen LogP contribution in [0, 0.1) is 17.1 Å². The molecule has 2 heterocycles. The summed E-state index contributed by atoms with van der Waals surface area (Å²) in [5.74, 6) is -0.759. The molecule has 0 spiro atoms. The van der Waals surface area contributed by atoms with Crippen LogP contribution in [-0.2, 0) is 7.05 Å². The normalized spacial score (nSPS) is 10.6. The third-order valence-corrected chi connectivity index (χ3v) is 3.74. The first-order valence-electron chi connectivity index (χ1n) is 7.23. The number of nitrogens with zero attached hydrogens (tertiary/aromatic N) is 5. The number of pyridine rings is 1. The fourth-order valence-electron chi connectivity index (χ4n) is 2.48. The number of carbonyl (C=O) groups is 1. The number of amides is 1. The molecule has 6 nitrogen and oxygen atoms in total. The number of benzene rings is 1. The SMILES string of the molecule is CN(CC#N)C(=O)c1cc(-c2ccccc2F)nc2c1cnn2C. The van der Waals surface area contributed by atoms with Crippen LogP contribution in [-0.4, -0.2) is 39.2 Å². The van der Waals surface area contributed by atoms with Gasteiger partial charge in [0.1, 0.15) is 12.4 Å². The standard InChI is InChI=1S/C17H14FN5O/c1-22(8-7-19)17(24)12-9-15(11-5-3-4-6-14(11)18)21-16-13(12)10-20-23(16)2/h3-6,9-10H,8H2,1-2H3. The molecule has 2 aromatic heterocycles. The maximum atomic E-state index is 14.1. The molecule has 0 fully saturated rings. The van der Waals surface area contributed by atoms with Crippen molar-refractivity contribution in [2.45, 2.75) is 0 Å². The summed E-state index contributed by atoms with van der Waals surface area (Å²) in [5.41, 5.74) is 1.46. The Hall–Kier alpha value is -3.27. The molecule has 0 unspecified atom stereocenters. The summed E-state index contributed by atoms with van der Waals surface area (Å²) in [6.45, 7) is -0.0437. The van der Waals surface area contributed by atoms with Gasteiger partial charge in [0.05, 0.1) is 28.9 Å². The fraction of sp³-hybridized carbons (Fsp3) is 0.176. The highest BCUT2D eigenvalue weighted by molar-refractivity contribution is 6.06. The summed E-state index contributed by atoms with van der Waals surface area (Å²) in [5, 5.41) is 13.5. The van der Waals surface area contributed by atoms with Crippen LogP contribution in [0.1, 0.15) is 10.4 Å². The van der Waals surface area contributed by atoms with E-state index in [-0.39, 0.29) is 12.5 Å². The molecule has 1 aromatic carbocycles. The van der Waals surface area contributed by atoms with Crippen molar-refractivity contribution in [3.05, 3.63) is 47.9 Å². The lowest BCUT2D eigenvalue weighted by Gasteiger charge is -2.14. The average molecular weight is 323 g/mol. The predicted octanol–water partition coefficient (Wildman–Crippen LogP) is 2.37. The zero-order valence-electron chi connectivity index (χ0n) is 13.2. The third kappa shape index (κ3) is 2.58. The van der Waals surface area contributed by atoms with E-state index >= 15 is 0 Å². The van der Waals surface area contributed by atoms with Crippen molar-refractivity contribution < 1.29 is 9.18 Å². The molecule has 120 valence electrons. The Morgan fingerprint density at radius 3 is 2.88 bits per heavy atom. The van der Waals surface area contributed by atoms with Gasteiger partial charge in [0.15, 0.2) is 5.65 Å². The Kier molecular flexibility index (Phi) is 3.96. The van der Waals surface area contributed by atoms with E-state index in [1.807, 2.05) is 6.07 Å². The molecule has 0 radical (unpaired) electrons. The Bertz CT molecular complexity index is 973. The third-order valence-electron chi connectivity index (χ3n) is 3.74. The van der Waals surface area contributed by atoms with Gasteiger partial charge in [-0.3, -0.25) is 9.48 Å². The molecule has 0 aliphatic carbocycles. The van der Waals surface area contributed by atoms with Gasteiger partial charge in [0, 0.05) is 19.7 Å². The van der Waals surface area contributed by atoms with Crippen LogP contribution in [0.15, 0.2) is 36.5 Å². The topological polar surface area (TPSA) is 74.8 Å². The zero-order chi connectivity index (χ0) is 17.3. The van der Waals surface area contributed by atoms with Crippen molar-refractivity contribution in [3.63, 3.8) is 0 Å². The Labute approximate surface area is 137 Å². The molecule has 24 heavy (non-hydrogen) atoms. The number of fused-ring (bicyclic) bond motifs is 1. The lowest BCUT2D eigenvalue weighted by Crippen LogP contribution is -2.27. The van der Waals surface area contributed by atoms with E-state index in [1.54, 1.807) is 37.5 Å². The molecule has 3 rings (SSSR count). The molecule has 0 N–H and O–H groups in total. The summed E-state index contributed by atoms with van der Waals surface area (Å²) in [6, 6.07) is 9.72. The summed E-state index contributed by atoms with van der Waals surface area (Å²) in [4.78, 5) is 18.4. The van der Waals surface area contributed by atoms with Gasteiger partial charge in [0.2, 0.25) is 0 Å². The molecular formula is C17H14FN5O. The van der Waals surface area contributed by atoms with E-state index in [9.17, 15) is 9.18 Å². The van der Waals surface area contributed by atoms with Gasteiger partial charge < -0.3 is 4.90 Å². The van der Waals surface area contributed by atoms with Crippen LogP contribution in [0.5, 0.6) is 0 Å². The zero-order valence-corrected chi connectivity index (χ0v) is 13.2. The van der Waals surface area contributed by atoms with Crippen LogP contribution >= 0.6 is 0 Å². The van der Waals surface area contributed by atoms with Crippen LogP contribution in [0.2, 0.25) is 0 Å². The van der Waals surface area contributed by atoms with Crippen LogP contribution < -0.4 is 0 Å². The molecule has 0 bridgehead atoms. The van der Waals surface area contributed by atoms with Crippen molar-refractivity contribution in [2.24, 2.45) is 7.05 Å². The first kappa shape index (κ1) is 15.6. The Morgan fingerprint density at radius 1 is 1.42 bits per heavy atom. The van der Waals surface area contributed by atoms with E-state index in [2.05, 4.69) is 10.1 Å². The first-order valence-corrected chi connectivity index (χ1v) is 7.23. The fourth-order valence-corrected chi connectivity index (χ4v) is 2.48. The molecule has 0 saturated carbocycles. The van der Waals surface area contributed by atoms with Gasteiger partial charge in [-0.15, -0.1) is 0 Å². The number of hydrogen-bond donors (Lipinski definition) is 0. The minimum atomic E-state index is -0.421. The second-order valence-electron chi connectivity index (χ2n) is 5.36. The highest BCUT2D eigenvalue weighted by atomic mass is 19.1. The van der Waals surface area contributed by atoms with Gasteiger partial charge in [-0.2, -0.15) is 10.4 Å². The average Bonchev–Trinajstić information content (AvgIpc) is 2.95. The molecule has 0 saturated heterocycles. The minimum Gasteiger partial charge on any atom is -0.328 e. The largest absolute Gasteiger partial charge is 0.328 e. The number of halogens is 1. The second kappa shape index (κ2) is 6.08. The van der Waals surface area contributed by atoms with Crippen LogP contribution in [0.4, 0.5) is 4.39 Å². The Balaban J connectivity index is 2.24. The number of aryl methyl sites for hydroxylation is 1. The van der Waals surface area contributed by atoms with Crippen molar-refractivity contribution in [1.29, 1.82) is 5.26 Å².